The van der Waals surface area contributed by atoms with Crippen LogP contribution in [0.2, 0.25) is 0 Å². The molecule has 9 heteroatoms. The zero-order valence-electron chi connectivity index (χ0n) is 16.0. The molecule has 4 N–H and O–H groups in total. The molecule has 0 aliphatic heterocycles. The van der Waals surface area contributed by atoms with Gasteiger partial charge in [-0.1, -0.05) is 27.7 Å². The maximum Gasteiger partial charge on any atom is 0.324 e. The Morgan fingerprint density at radius 1 is 0.923 bits per heavy atom. The second-order valence-electron chi connectivity index (χ2n) is 6.56. The van der Waals surface area contributed by atoms with E-state index in [0.29, 0.717) is 0 Å². The maximum atomic E-state index is 12.1. The number of hydrogen-bond acceptors (Lipinski definition) is 9. The summed E-state index contributed by atoms with van der Waals surface area (Å²) >= 11 is 0. The minimum Gasteiger partial charge on any atom is -0.466 e. The second kappa shape index (κ2) is 11.6. The summed E-state index contributed by atoms with van der Waals surface area (Å²) in [4.78, 5) is 47.3. The normalized spacial score (nSPS) is 15.7. The quantitative estimate of drug-likeness (QED) is 0.288. The first-order chi connectivity index (χ1) is 12.0. The summed E-state index contributed by atoms with van der Waals surface area (Å²) in [5.41, 5.74) is 11.4. The van der Waals surface area contributed by atoms with E-state index >= 15 is 0 Å². The second-order valence-corrected chi connectivity index (χ2v) is 6.56. The molecule has 0 heterocycles. The van der Waals surface area contributed by atoms with Gasteiger partial charge in [-0.15, -0.1) is 0 Å². The van der Waals surface area contributed by atoms with Crippen LogP contribution in [0.5, 0.6) is 0 Å². The summed E-state index contributed by atoms with van der Waals surface area (Å²) in [5.74, 6) is -2.81. The van der Waals surface area contributed by atoms with Gasteiger partial charge in [0.25, 0.3) is 0 Å². The van der Waals surface area contributed by atoms with E-state index < -0.39 is 48.6 Å². The number of ether oxygens (including phenoxy) is 3. The molecule has 0 aliphatic carbocycles. The first-order valence-corrected chi connectivity index (χ1v) is 8.58. The molecule has 0 saturated heterocycles. The monoisotopic (exact) mass is 374 g/mol. The number of nitrogens with two attached hydrogens (primary N) is 2. The smallest absolute Gasteiger partial charge is 0.324 e. The first-order valence-electron chi connectivity index (χ1n) is 8.58. The number of carbonyl (C=O) groups excluding carboxylic acids is 4. The molecule has 4 unspecified atom stereocenters. The van der Waals surface area contributed by atoms with E-state index in [-0.39, 0.29) is 24.7 Å². The van der Waals surface area contributed by atoms with Crippen molar-refractivity contribution in [3.05, 3.63) is 0 Å². The molecule has 0 aromatic heterocycles. The number of carbonyl (C=O) groups is 4. The Morgan fingerprint density at radius 3 is 1.77 bits per heavy atom. The van der Waals surface area contributed by atoms with Gasteiger partial charge in [-0.2, -0.15) is 0 Å². The zero-order valence-corrected chi connectivity index (χ0v) is 16.0. The molecular formula is C17H30N2O7. The van der Waals surface area contributed by atoms with E-state index in [0.717, 1.165) is 0 Å². The molecule has 0 aromatic carbocycles. The first kappa shape index (κ1) is 24.0. The predicted molar refractivity (Wildman–Crippen MR) is 92.7 cm³/mol. The van der Waals surface area contributed by atoms with Gasteiger partial charge < -0.3 is 25.7 Å². The third kappa shape index (κ3) is 7.92. The summed E-state index contributed by atoms with van der Waals surface area (Å²) in [6.45, 7) is 8.55. The van der Waals surface area contributed by atoms with Crippen molar-refractivity contribution in [2.45, 2.75) is 65.3 Å². The lowest BCUT2D eigenvalue weighted by Crippen LogP contribution is -2.46. The van der Waals surface area contributed by atoms with Crippen molar-refractivity contribution >= 4 is 24.2 Å². The Balaban J connectivity index is 5.31. The summed E-state index contributed by atoms with van der Waals surface area (Å²) < 4.78 is 15.0. The van der Waals surface area contributed by atoms with Gasteiger partial charge >= 0.3 is 17.9 Å². The largest absolute Gasteiger partial charge is 0.466 e. The SMILES string of the molecule is CCOC(=O)CC(OC(=O)C(N)C(C)C)C(C=O)OC(=O)C(N)C(C)C. The van der Waals surface area contributed by atoms with Crippen LogP contribution in [0.3, 0.4) is 0 Å². The number of aldehydes is 1. The summed E-state index contributed by atoms with van der Waals surface area (Å²) in [6.07, 6.45) is -3.03. The van der Waals surface area contributed by atoms with Crippen molar-refractivity contribution in [3.8, 4) is 0 Å². The summed E-state index contributed by atoms with van der Waals surface area (Å²) in [5, 5.41) is 0. The topological polar surface area (TPSA) is 148 Å². The van der Waals surface area contributed by atoms with E-state index in [9.17, 15) is 19.2 Å². The van der Waals surface area contributed by atoms with Gasteiger partial charge in [0.05, 0.1) is 13.0 Å². The molecule has 0 aromatic rings. The average molecular weight is 374 g/mol. The Hall–Kier alpha value is -2.00. The number of hydrogen-bond donors (Lipinski definition) is 2. The van der Waals surface area contributed by atoms with E-state index in [2.05, 4.69) is 0 Å². The average Bonchev–Trinajstić information content (AvgIpc) is 2.57. The standard InChI is InChI=1S/C17H30N2O7/c1-6-24-13(21)7-11(25-16(22)14(18)9(2)3)12(8-20)26-17(23)15(19)10(4)5/h8-12,14-15H,6-7,18-19H2,1-5H3. The van der Waals surface area contributed by atoms with Gasteiger partial charge in [0, 0.05) is 0 Å². The van der Waals surface area contributed by atoms with Gasteiger partial charge in [0.15, 0.2) is 18.5 Å². The maximum absolute atomic E-state index is 12.1. The fourth-order valence-corrected chi connectivity index (χ4v) is 1.79. The highest BCUT2D eigenvalue weighted by Gasteiger charge is 2.34. The van der Waals surface area contributed by atoms with Crippen LogP contribution >= 0.6 is 0 Å². The minimum absolute atomic E-state index is 0.106. The van der Waals surface area contributed by atoms with E-state index in [1.165, 1.54) is 0 Å². The molecule has 0 aliphatic rings. The fourth-order valence-electron chi connectivity index (χ4n) is 1.79. The molecule has 26 heavy (non-hydrogen) atoms. The van der Waals surface area contributed by atoms with Crippen LogP contribution in [0, 0.1) is 11.8 Å². The third-order valence-corrected chi connectivity index (χ3v) is 3.67. The molecular weight excluding hydrogens is 344 g/mol. The molecule has 0 amide bonds. The lowest BCUT2D eigenvalue weighted by Gasteiger charge is -2.26. The lowest BCUT2D eigenvalue weighted by atomic mass is 10.0. The molecule has 0 rings (SSSR count). The molecule has 9 nitrogen and oxygen atoms in total. The van der Waals surface area contributed by atoms with Gasteiger partial charge in [0.1, 0.15) is 12.1 Å². The lowest BCUT2D eigenvalue weighted by molar-refractivity contribution is -0.174. The Kier molecular flexibility index (Phi) is 10.7. The Labute approximate surface area is 153 Å². The molecule has 0 spiro atoms. The molecule has 0 radical (unpaired) electrons. The van der Waals surface area contributed by atoms with Crippen LogP contribution in [0.25, 0.3) is 0 Å². The van der Waals surface area contributed by atoms with Crippen molar-refractivity contribution < 1.29 is 33.4 Å². The van der Waals surface area contributed by atoms with Gasteiger partial charge in [-0.3, -0.25) is 19.2 Å². The van der Waals surface area contributed by atoms with E-state index in [4.69, 9.17) is 25.7 Å². The van der Waals surface area contributed by atoms with Crippen LogP contribution in [-0.4, -0.2) is 55.1 Å². The van der Waals surface area contributed by atoms with Gasteiger partial charge in [0.2, 0.25) is 0 Å². The third-order valence-electron chi connectivity index (χ3n) is 3.67. The van der Waals surface area contributed by atoms with Crippen LogP contribution in [0.4, 0.5) is 0 Å². The van der Waals surface area contributed by atoms with Crippen molar-refractivity contribution in [2.75, 3.05) is 6.61 Å². The van der Waals surface area contributed by atoms with Gasteiger partial charge in [-0.05, 0) is 18.8 Å². The molecule has 0 bridgehead atoms. The molecule has 0 fully saturated rings. The molecule has 4 atom stereocenters. The van der Waals surface area contributed by atoms with Crippen LogP contribution in [-0.2, 0) is 33.4 Å². The summed E-state index contributed by atoms with van der Waals surface area (Å²) in [6, 6.07) is -1.92. The zero-order chi connectivity index (χ0) is 20.4. The van der Waals surface area contributed by atoms with Gasteiger partial charge in [-0.25, -0.2) is 0 Å². The van der Waals surface area contributed by atoms with Crippen molar-refractivity contribution in [3.63, 3.8) is 0 Å². The Bertz CT molecular complexity index is 494. The van der Waals surface area contributed by atoms with Crippen LogP contribution in [0.1, 0.15) is 41.0 Å². The van der Waals surface area contributed by atoms with Crippen molar-refractivity contribution in [1.29, 1.82) is 0 Å². The number of esters is 3. The number of rotatable bonds is 11. The Morgan fingerprint density at radius 2 is 1.38 bits per heavy atom. The van der Waals surface area contributed by atoms with Crippen LogP contribution < -0.4 is 11.5 Å². The minimum atomic E-state index is -1.50. The predicted octanol–water partition coefficient (Wildman–Crippen LogP) is -0.0713. The summed E-state index contributed by atoms with van der Waals surface area (Å²) in [7, 11) is 0. The highest BCUT2D eigenvalue weighted by atomic mass is 16.6. The van der Waals surface area contributed by atoms with E-state index in [1.54, 1.807) is 34.6 Å². The fraction of sp³-hybridized carbons (Fsp3) is 0.765. The molecule has 150 valence electrons. The highest BCUT2D eigenvalue weighted by molar-refractivity contribution is 5.80. The highest BCUT2D eigenvalue weighted by Crippen LogP contribution is 2.14. The van der Waals surface area contributed by atoms with Crippen molar-refractivity contribution in [2.24, 2.45) is 23.3 Å². The van der Waals surface area contributed by atoms with Crippen molar-refractivity contribution in [1.82, 2.24) is 0 Å². The molecule has 0 saturated carbocycles. The van der Waals surface area contributed by atoms with Crippen LogP contribution in [0.15, 0.2) is 0 Å². The van der Waals surface area contributed by atoms with E-state index in [1.807, 2.05) is 0 Å².